The summed E-state index contributed by atoms with van der Waals surface area (Å²) < 4.78 is 0. The number of amides is 1. The average Bonchev–Trinajstić information content (AvgIpc) is 2.92. The number of carbonyl (C=O) groups excluding carboxylic acids is 1. The van der Waals surface area contributed by atoms with Gasteiger partial charge in [0.2, 0.25) is 5.91 Å². The third-order valence-corrected chi connectivity index (χ3v) is 4.84. The Bertz CT molecular complexity index is 472. The van der Waals surface area contributed by atoms with E-state index in [-0.39, 0.29) is 11.9 Å². The van der Waals surface area contributed by atoms with Crippen LogP contribution in [0, 0.1) is 5.92 Å². The Morgan fingerprint density at radius 1 is 1.30 bits per heavy atom. The number of nitrogens with one attached hydrogen (secondary N) is 2. The zero-order chi connectivity index (χ0) is 13.9. The van der Waals surface area contributed by atoms with Crippen LogP contribution in [-0.4, -0.2) is 18.0 Å². The Hall–Kier alpha value is -1.35. The molecule has 3 atom stereocenters. The SMILES string of the molecule is CCc1ccccc1NC(=O)C1CC2CCCCC2N1. The summed E-state index contributed by atoms with van der Waals surface area (Å²) in [6.07, 6.45) is 7.11. The zero-order valence-corrected chi connectivity index (χ0v) is 12.2. The topological polar surface area (TPSA) is 41.1 Å². The van der Waals surface area contributed by atoms with E-state index in [4.69, 9.17) is 0 Å². The van der Waals surface area contributed by atoms with Crippen molar-refractivity contribution < 1.29 is 4.79 Å². The molecule has 1 amide bonds. The molecule has 0 radical (unpaired) electrons. The Morgan fingerprint density at radius 2 is 2.10 bits per heavy atom. The van der Waals surface area contributed by atoms with E-state index >= 15 is 0 Å². The minimum Gasteiger partial charge on any atom is -0.324 e. The highest BCUT2D eigenvalue weighted by Gasteiger charge is 2.38. The van der Waals surface area contributed by atoms with Crippen LogP contribution >= 0.6 is 0 Å². The van der Waals surface area contributed by atoms with Crippen LogP contribution in [0.1, 0.15) is 44.6 Å². The lowest BCUT2D eigenvalue weighted by molar-refractivity contribution is -0.117. The van der Waals surface area contributed by atoms with Crippen LogP contribution in [0.2, 0.25) is 0 Å². The number of hydrogen-bond acceptors (Lipinski definition) is 2. The van der Waals surface area contributed by atoms with Gasteiger partial charge in [-0.15, -0.1) is 0 Å². The second kappa shape index (κ2) is 5.96. The van der Waals surface area contributed by atoms with Crippen molar-refractivity contribution in [1.82, 2.24) is 5.32 Å². The Labute approximate surface area is 121 Å². The molecule has 108 valence electrons. The molecule has 20 heavy (non-hydrogen) atoms. The van der Waals surface area contributed by atoms with Crippen molar-refractivity contribution in [2.45, 2.75) is 57.5 Å². The van der Waals surface area contributed by atoms with Crippen LogP contribution in [0.5, 0.6) is 0 Å². The summed E-state index contributed by atoms with van der Waals surface area (Å²) in [4.78, 5) is 12.5. The predicted octanol–water partition coefficient (Wildman–Crippen LogP) is 3.11. The minimum absolute atomic E-state index is 0.00647. The number of benzene rings is 1. The molecule has 0 aromatic heterocycles. The van der Waals surface area contributed by atoms with Gasteiger partial charge in [0.1, 0.15) is 0 Å². The van der Waals surface area contributed by atoms with Gasteiger partial charge >= 0.3 is 0 Å². The molecule has 3 nitrogen and oxygen atoms in total. The number of anilines is 1. The van der Waals surface area contributed by atoms with E-state index < -0.39 is 0 Å². The van der Waals surface area contributed by atoms with Gasteiger partial charge in [-0.2, -0.15) is 0 Å². The van der Waals surface area contributed by atoms with Crippen molar-refractivity contribution in [2.75, 3.05) is 5.32 Å². The molecule has 1 aromatic rings. The van der Waals surface area contributed by atoms with Crippen molar-refractivity contribution in [2.24, 2.45) is 5.92 Å². The van der Waals surface area contributed by atoms with Crippen molar-refractivity contribution in [1.29, 1.82) is 0 Å². The molecule has 2 fully saturated rings. The fourth-order valence-corrected chi connectivity index (χ4v) is 3.69. The standard InChI is InChI=1S/C17H24N2O/c1-2-12-7-3-5-9-14(12)19-17(20)16-11-13-8-4-6-10-15(13)18-16/h3,5,7,9,13,15-16,18H,2,4,6,8,10-11H2,1H3,(H,19,20). The van der Waals surface area contributed by atoms with Crippen LogP contribution in [0.15, 0.2) is 24.3 Å². The summed E-state index contributed by atoms with van der Waals surface area (Å²) in [6.45, 7) is 2.12. The maximum absolute atomic E-state index is 12.5. The summed E-state index contributed by atoms with van der Waals surface area (Å²) in [5.74, 6) is 0.848. The van der Waals surface area contributed by atoms with Crippen molar-refractivity contribution in [3.63, 3.8) is 0 Å². The number of carbonyl (C=O) groups is 1. The molecule has 3 rings (SSSR count). The van der Waals surface area contributed by atoms with Gasteiger partial charge in [-0.3, -0.25) is 4.79 Å². The second-order valence-corrected chi connectivity index (χ2v) is 6.11. The number of fused-ring (bicyclic) bond motifs is 1. The number of para-hydroxylation sites is 1. The van der Waals surface area contributed by atoms with E-state index in [0.717, 1.165) is 18.5 Å². The van der Waals surface area contributed by atoms with Crippen molar-refractivity contribution in [3.05, 3.63) is 29.8 Å². The van der Waals surface area contributed by atoms with Crippen molar-refractivity contribution >= 4 is 11.6 Å². The number of aryl methyl sites for hydroxylation is 1. The van der Waals surface area contributed by atoms with Crippen molar-refractivity contribution in [3.8, 4) is 0 Å². The van der Waals surface area contributed by atoms with Crippen LogP contribution in [0.3, 0.4) is 0 Å². The van der Waals surface area contributed by atoms with E-state index in [0.29, 0.717) is 12.0 Å². The Balaban J connectivity index is 1.65. The summed E-state index contributed by atoms with van der Waals surface area (Å²) in [7, 11) is 0. The second-order valence-electron chi connectivity index (χ2n) is 6.11. The van der Waals surface area contributed by atoms with E-state index in [1.54, 1.807) is 0 Å². The smallest absolute Gasteiger partial charge is 0.241 e. The Kier molecular flexibility index (Phi) is 4.06. The summed E-state index contributed by atoms with van der Waals surface area (Å²) in [5, 5.41) is 6.65. The summed E-state index contributed by atoms with van der Waals surface area (Å²) in [6, 6.07) is 8.65. The molecular formula is C17H24N2O. The normalized spacial score (nSPS) is 28.9. The highest BCUT2D eigenvalue weighted by molar-refractivity contribution is 5.95. The summed E-state index contributed by atoms with van der Waals surface area (Å²) >= 11 is 0. The van der Waals surface area contributed by atoms with Gasteiger partial charge in [-0.25, -0.2) is 0 Å². The fourth-order valence-electron chi connectivity index (χ4n) is 3.69. The molecule has 3 unspecified atom stereocenters. The maximum Gasteiger partial charge on any atom is 0.241 e. The van der Waals surface area contributed by atoms with Crippen LogP contribution in [0.4, 0.5) is 5.69 Å². The van der Waals surface area contributed by atoms with E-state index in [1.165, 1.54) is 31.2 Å². The third-order valence-electron chi connectivity index (χ3n) is 4.84. The van der Waals surface area contributed by atoms with Gasteiger partial charge in [0.25, 0.3) is 0 Å². The van der Waals surface area contributed by atoms with E-state index in [9.17, 15) is 4.79 Å². The molecule has 3 heteroatoms. The van der Waals surface area contributed by atoms with Crippen LogP contribution in [-0.2, 0) is 11.2 Å². The molecule has 1 aliphatic heterocycles. The first kappa shape index (κ1) is 13.6. The molecule has 0 bridgehead atoms. The zero-order valence-electron chi connectivity index (χ0n) is 12.2. The van der Waals surface area contributed by atoms with Gasteiger partial charge in [0.05, 0.1) is 6.04 Å². The largest absolute Gasteiger partial charge is 0.324 e. The lowest BCUT2D eigenvalue weighted by Crippen LogP contribution is -2.40. The highest BCUT2D eigenvalue weighted by Crippen LogP contribution is 2.33. The number of rotatable bonds is 3. The van der Waals surface area contributed by atoms with Gasteiger partial charge < -0.3 is 10.6 Å². The molecule has 1 saturated heterocycles. The quantitative estimate of drug-likeness (QED) is 0.887. The fraction of sp³-hybridized carbons (Fsp3) is 0.588. The first-order valence-electron chi connectivity index (χ1n) is 7.92. The molecule has 2 aliphatic rings. The van der Waals surface area contributed by atoms with Gasteiger partial charge in [0.15, 0.2) is 0 Å². The lowest BCUT2D eigenvalue weighted by atomic mass is 9.85. The first-order valence-corrected chi connectivity index (χ1v) is 7.92. The predicted molar refractivity (Wildman–Crippen MR) is 81.7 cm³/mol. The third kappa shape index (κ3) is 2.73. The monoisotopic (exact) mass is 272 g/mol. The van der Waals surface area contributed by atoms with Gasteiger partial charge in [-0.1, -0.05) is 38.0 Å². The molecule has 1 aliphatic carbocycles. The maximum atomic E-state index is 12.5. The van der Waals surface area contributed by atoms with Gasteiger partial charge in [0, 0.05) is 11.7 Å². The van der Waals surface area contributed by atoms with Gasteiger partial charge in [-0.05, 0) is 43.2 Å². The molecule has 1 heterocycles. The Morgan fingerprint density at radius 3 is 2.90 bits per heavy atom. The van der Waals surface area contributed by atoms with E-state index in [2.05, 4.69) is 23.6 Å². The first-order chi connectivity index (χ1) is 9.78. The van der Waals surface area contributed by atoms with Crippen LogP contribution in [0.25, 0.3) is 0 Å². The van der Waals surface area contributed by atoms with Crippen LogP contribution < -0.4 is 10.6 Å². The summed E-state index contributed by atoms with van der Waals surface area (Å²) in [5.41, 5.74) is 2.17. The minimum atomic E-state index is -0.00647. The van der Waals surface area contributed by atoms with E-state index in [1.807, 2.05) is 18.2 Å². The lowest BCUT2D eigenvalue weighted by Gasteiger charge is -2.24. The molecule has 2 N–H and O–H groups in total. The molecule has 0 spiro atoms. The highest BCUT2D eigenvalue weighted by atomic mass is 16.2. The number of hydrogen-bond donors (Lipinski definition) is 2. The average molecular weight is 272 g/mol. The molecular weight excluding hydrogens is 248 g/mol. The molecule has 1 saturated carbocycles. The molecule has 1 aromatic carbocycles.